The van der Waals surface area contributed by atoms with Crippen LogP contribution in [0.5, 0.6) is 0 Å². The molecule has 0 aliphatic rings. The van der Waals surface area contributed by atoms with Gasteiger partial charge in [0, 0.05) is 26.7 Å². The third-order valence-corrected chi connectivity index (χ3v) is 4.10. The van der Waals surface area contributed by atoms with Crippen molar-refractivity contribution in [3.05, 3.63) is 48.0 Å². The minimum Gasteiger partial charge on any atom is -0.379 e. The molecule has 0 radical (unpaired) electrons. The first kappa shape index (κ1) is 20.2. The zero-order chi connectivity index (χ0) is 18.5. The van der Waals surface area contributed by atoms with E-state index >= 15 is 0 Å². The van der Waals surface area contributed by atoms with Crippen molar-refractivity contribution in [1.82, 2.24) is 10.6 Å². The molecule has 0 saturated heterocycles. The summed E-state index contributed by atoms with van der Waals surface area (Å²) >= 11 is 0. The lowest BCUT2D eigenvalue weighted by atomic mass is 10.0. The van der Waals surface area contributed by atoms with Crippen molar-refractivity contribution in [2.45, 2.75) is 26.3 Å². The Morgan fingerprint density at radius 3 is 2.50 bits per heavy atom. The highest BCUT2D eigenvalue weighted by molar-refractivity contribution is 5.86. The zero-order valence-corrected chi connectivity index (χ0v) is 16.0. The molecular weight excluding hydrogens is 326 g/mol. The number of unbranched alkanes of at least 4 members (excludes halogenated alkanes) is 1. The highest BCUT2D eigenvalue weighted by atomic mass is 16.5. The Bertz CT molecular complexity index is 668. The number of fused-ring (bicyclic) bond motifs is 1. The van der Waals surface area contributed by atoms with Gasteiger partial charge in [-0.3, -0.25) is 4.99 Å². The van der Waals surface area contributed by atoms with E-state index < -0.39 is 0 Å². The van der Waals surface area contributed by atoms with Crippen molar-refractivity contribution in [3.8, 4) is 0 Å². The summed E-state index contributed by atoms with van der Waals surface area (Å²) < 4.78 is 11.0. The van der Waals surface area contributed by atoms with Crippen LogP contribution in [-0.4, -0.2) is 46.0 Å². The number of hydrogen-bond acceptors (Lipinski definition) is 3. The smallest absolute Gasteiger partial charge is 0.191 e. The van der Waals surface area contributed by atoms with Crippen LogP contribution in [0.1, 0.15) is 25.3 Å². The fourth-order valence-corrected chi connectivity index (χ4v) is 2.66. The van der Waals surface area contributed by atoms with Gasteiger partial charge in [0.2, 0.25) is 0 Å². The molecule has 0 saturated carbocycles. The summed E-state index contributed by atoms with van der Waals surface area (Å²) in [6.45, 7) is 6.35. The molecule has 2 aromatic carbocycles. The minimum atomic E-state index is 0.631. The Balaban J connectivity index is 1.65. The summed E-state index contributed by atoms with van der Waals surface area (Å²) in [5.74, 6) is 0.778. The van der Waals surface area contributed by atoms with Gasteiger partial charge in [-0.2, -0.15) is 0 Å². The molecule has 26 heavy (non-hydrogen) atoms. The van der Waals surface area contributed by atoms with E-state index in [1.54, 1.807) is 7.05 Å². The number of ether oxygens (including phenoxy) is 2. The molecule has 0 aromatic heterocycles. The first-order chi connectivity index (χ1) is 12.8. The van der Waals surface area contributed by atoms with Crippen molar-refractivity contribution < 1.29 is 9.47 Å². The molecule has 142 valence electrons. The van der Waals surface area contributed by atoms with Gasteiger partial charge in [0.25, 0.3) is 0 Å². The molecule has 0 aliphatic heterocycles. The van der Waals surface area contributed by atoms with Crippen LogP contribution < -0.4 is 10.6 Å². The Kier molecular flexibility index (Phi) is 9.54. The predicted octanol–water partition coefficient (Wildman–Crippen LogP) is 3.34. The SMILES string of the molecule is CCCCOCCOCCNC(=NC)NCc1cccc2ccccc12. The van der Waals surface area contributed by atoms with Gasteiger partial charge in [-0.1, -0.05) is 55.8 Å². The topological polar surface area (TPSA) is 54.9 Å². The lowest BCUT2D eigenvalue weighted by Crippen LogP contribution is -2.38. The van der Waals surface area contributed by atoms with E-state index in [4.69, 9.17) is 9.47 Å². The van der Waals surface area contributed by atoms with Crippen molar-refractivity contribution in [2.75, 3.05) is 40.0 Å². The van der Waals surface area contributed by atoms with E-state index in [-0.39, 0.29) is 0 Å². The van der Waals surface area contributed by atoms with E-state index in [1.807, 2.05) is 0 Å². The number of nitrogens with zero attached hydrogens (tertiary/aromatic N) is 1. The quantitative estimate of drug-likeness (QED) is 0.368. The van der Waals surface area contributed by atoms with E-state index in [0.29, 0.717) is 26.4 Å². The number of rotatable bonds is 11. The maximum Gasteiger partial charge on any atom is 0.191 e. The summed E-state index contributed by atoms with van der Waals surface area (Å²) in [6, 6.07) is 14.8. The van der Waals surface area contributed by atoms with Gasteiger partial charge in [-0.15, -0.1) is 0 Å². The van der Waals surface area contributed by atoms with Crippen LogP contribution in [0, 0.1) is 0 Å². The second kappa shape index (κ2) is 12.3. The molecule has 0 bridgehead atoms. The average molecular weight is 357 g/mol. The van der Waals surface area contributed by atoms with Gasteiger partial charge in [0.05, 0.1) is 19.8 Å². The molecule has 0 unspecified atom stereocenters. The number of nitrogens with one attached hydrogen (secondary N) is 2. The molecular formula is C21H31N3O2. The van der Waals surface area contributed by atoms with Gasteiger partial charge in [-0.05, 0) is 22.8 Å². The fourth-order valence-electron chi connectivity index (χ4n) is 2.66. The van der Waals surface area contributed by atoms with Crippen LogP contribution in [0.4, 0.5) is 0 Å². The molecule has 0 spiro atoms. The molecule has 2 aromatic rings. The number of aliphatic imine (C=N–C) groups is 1. The Morgan fingerprint density at radius 1 is 0.923 bits per heavy atom. The van der Waals surface area contributed by atoms with Gasteiger partial charge in [0.15, 0.2) is 5.96 Å². The van der Waals surface area contributed by atoms with Crippen molar-refractivity contribution >= 4 is 16.7 Å². The number of benzene rings is 2. The van der Waals surface area contributed by atoms with Crippen LogP contribution in [0.25, 0.3) is 10.8 Å². The molecule has 0 aliphatic carbocycles. The van der Waals surface area contributed by atoms with Crippen molar-refractivity contribution in [3.63, 3.8) is 0 Å². The standard InChI is InChI=1S/C21H31N3O2/c1-3-4-13-25-15-16-26-14-12-23-21(22-2)24-17-19-10-7-9-18-8-5-6-11-20(18)19/h5-11H,3-4,12-17H2,1-2H3,(H2,22,23,24). The molecule has 0 fully saturated rings. The largest absolute Gasteiger partial charge is 0.379 e. The molecule has 2 N–H and O–H groups in total. The molecule has 5 nitrogen and oxygen atoms in total. The molecule has 0 amide bonds. The maximum atomic E-state index is 5.56. The first-order valence-corrected chi connectivity index (χ1v) is 9.41. The number of guanidine groups is 1. The first-order valence-electron chi connectivity index (χ1n) is 9.41. The lowest BCUT2D eigenvalue weighted by Gasteiger charge is -2.13. The third-order valence-electron chi connectivity index (χ3n) is 4.10. The molecule has 5 heteroatoms. The average Bonchev–Trinajstić information content (AvgIpc) is 2.69. The Morgan fingerprint density at radius 2 is 1.69 bits per heavy atom. The molecule has 2 rings (SSSR count). The molecule has 0 atom stereocenters. The third kappa shape index (κ3) is 7.02. The zero-order valence-electron chi connectivity index (χ0n) is 16.0. The summed E-state index contributed by atoms with van der Waals surface area (Å²) in [7, 11) is 1.78. The second-order valence-corrected chi connectivity index (χ2v) is 6.07. The monoisotopic (exact) mass is 357 g/mol. The van der Waals surface area contributed by atoms with Crippen molar-refractivity contribution in [2.24, 2.45) is 4.99 Å². The van der Waals surface area contributed by atoms with E-state index in [1.165, 1.54) is 16.3 Å². The van der Waals surface area contributed by atoms with Crippen molar-refractivity contribution in [1.29, 1.82) is 0 Å². The van der Waals surface area contributed by atoms with E-state index in [9.17, 15) is 0 Å². The Labute approximate surface area is 156 Å². The predicted molar refractivity (Wildman–Crippen MR) is 109 cm³/mol. The summed E-state index contributed by atoms with van der Waals surface area (Å²) in [4.78, 5) is 4.27. The summed E-state index contributed by atoms with van der Waals surface area (Å²) in [6.07, 6.45) is 2.27. The van der Waals surface area contributed by atoms with Crippen LogP contribution in [0.3, 0.4) is 0 Å². The normalized spacial score (nSPS) is 11.7. The van der Waals surface area contributed by atoms with Gasteiger partial charge < -0.3 is 20.1 Å². The van der Waals surface area contributed by atoms with E-state index in [2.05, 4.69) is 65.0 Å². The maximum absolute atomic E-state index is 5.56. The van der Waals surface area contributed by atoms with E-state index in [0.717, 1.165) is 32.0 Å². The highest BCUT2D eigenvalue weighted by Gasteiger charge is 2.02. The van der Waals surface area contributed by atoms with Gasteiger partial charge in [-0.25, -0.2) is 0 Å². The fraction of sp³-hybridized carbons (Fsp3) is 0.476. The number of hydrogen-bond donors (Lipinski definition) is 2. The van der Waals surface area contributed by atoms with Gasteiger partial charge in [0.1, 0.15) is 0 Å². The molecule has 0 heterocycles. The van der Waals surface area contributed by atoms with Crippen LogP contribution in [0.2, 0.25) is 0 Å². The highest BCUT2D eigenvalue weighted by Crippen LogP contribution is 2.18. The Hall–Kier alpha value is -2.11. The minimum absolute atomic E-state index is 0.631. The lowest BCUT2D eigenvalue weighted by molar-refractivity contribution is 0.0487. The van der Waals surface area contributed by atoms with Gasteiger partial charge >= 0.3 is 0 Å². The summed E-state index contributed by atoms with van der Waals surface area (Å²) in [5, 5.41) is 9.16. The van der Waals surface area contributed by atoms with Crippen LogP contribution >= 0.6 is 0 Å². The van der Waals surface area contributed by atoms with Crippen LogP contribution in [-0.2, 0) is 16.0 Å². The summed E-state index contributed by atoms with van der Waals surface area (Å²) in [5.41, 5.74) is 1.26. The van der Waals surface area contributed by atoms with Crippen LogP contribution in [0.15, 0.2) is 47.5 Å². The second-order valence-electron chi connectivity index (χ2n) is 6.07.